The van der Waals surface area contributed by atoms with Crippen LogP contribution in [0.3, 0.4) is 0 Å². The second-order valence-corrected chi connectivity index (χ2v) is 5.30. The van der Waals surface area contributed by atoms with Gasteiger partial charge in [0.1, 0.15) is 6.10 Å². The Kier molecular flexibility index (Phi) is 4.19. The van der Waals surface area contributed by atoms with E-state index >= 15 is 0 Å². The summed E-state index contributed by atoms with van der Waals surface area (Å²) in [7, 11) is 0. The van der Waals surface area contributed by atoms with Gasteiger partial charge in [-0.1, -0.05) is 28.9 Å². The normalized spacial score (nSPS) is 12.7. The summed E-state index contributed by atoms with van der Waals surface area (Å²) in [4.78, 5) is 0. The number of rotatable bonds is 4. The molecule has 3 nitrogen and oxygen atoms in total. The lowest BCUT2D eigenvalue weighted by Crippen LogP contribution is -2.11. The summed E-state index contributed by atoms with van der Waals surface area (Å²) in [6, 6.07) is 7.82. The average molecular weight is 309 g/mol. The topological polar surface area (TPSA) is 38.0 Å². The van der Waals surface area contributed by atoms with Crippen LogP contribution in [-0.4, -0.2) is 14.9 Å². The number of aliphatic hydroxyl groups is 1. The molecule has 0 radical (unpaired) electrons. The van der Waals surface area contributed by atoms with Gasteiger partial charge < -0.3 is 5.11 Å². The Morgan fingerprint density at radius 2 is 2.17 bits per heavy atom. The van der Waals surface area contributed by atoms with Gasteiger partial charge in [0.15, 0.2) is 0 Å². The molecule has 2 aromatic rings. The molecule has 1 heterocycles. The van der Waals surface area contributed by atoms with Crippen molar-refractivity contribution in [2.24, 2.45) is 0 Å². The lowest BCUT2D eigenvalue weighted by atomic mass is 10.0. The van der Waals surface area contributed by atoms with Crippen LogP contribution >= 0.6 is 15.9 Å². The highest BCUT2D eigenvalue weighted by molar-refractivity contribution is 9.10. The summed E-state index contributed by atoms with van der Waals surface area (Å²) in [5.74, 6) is 0. The minimum absolute atomic E-state index is 0.628. The van der Waals surface area contributed by atoms with Gasteiger partial charge in [-0.05, 0) is 42.7 Å². The minimum atomic E-state index is -0.628. The third-order valence-corrected chi connectivity index (χ3v) is 3.49. The van der Waals surface area contributed by atoms with Crippen molar-refractivity contribution in [2.75, 3.05) is 0 Å². The van der Waals surface area contributed by atoms with Gasteiger partial charge in [0.05, 0.1) is 5.69 Å². The van der Waals surface area contributed by atoms with E-state index in [0.717, 1.165) is 34.3 Å². The molecule has 1 N–H and O–H groups in total. The van der Waals surface area contributed by atoms with Crippen LogP contribution in [0.15, 0.2) is 34.9 Å². The highest BCUT2D eigenvalue weighted by Gasteiger charge is 2.17. The quantitative estimate of drug-likeness (QED) is 0.939. The van der Waals surface area contributed by atoms with E-state index in [1.807, 2.05) is 35.9 Å². The average Bonchev–Trinajstić information content (AvgIpc) is 2.80. The summed E-state index contributed by atoms with van der Waals surface area (Å²) in [6.45, 7) is 4.93. The molecule has 1 unspecified atom stereocenters. The monoisotopic (exact) mass is 308 g/mol. The largest absolute Gasteiger partial charge is 0.382 e. The van der Waals surface area contributed by atoms with Gasteiger partial charge >= 0.3 is 0 Å². The first-order chi connectivity index (χ1) is 8.63. The van der Waals surface area contributed by atoms with Crippen LogP contribution in [0.2, 0.25) is 0 Å². The zero-order chi connectivity index (χ0) is 13.1. The molecule has 18 heavy (non-hydrogen) atoms. The van der Waals surface area contributed by atoms with Crippen LogP contribution in [0.4, 0.5) is 0 Å². The standard InChI is InChI=1S/C14H17BrN2O/c1-3-8-17-13(6-7-16-17)14(18)12-9-11(15)5-4-10(12)2/h4-7,9,14,18H,3,8H2,1-2H3. The van der Waals surface area contributed by atoms with E-state index in [4.69, 9.17) is 0 Å². The molecule has 0 amide bonds. The third kappa shape index (κ3) is 2.65. The Morgan fingerprint density at radius 1 is 1.39 bits per heavy atom. The van der Waals surface area contributed by atoms with Crippen LogP contribution < -0.4 is 0 Å². The zero-order valence-electron chi connectivity index (χ0n) is 10.6. The summed E-state index contributed by atoms with van der Waals surface area (Å²) >= 11 is 3.44. The number of nitrogens with zero attached hydrogens (tertiary/aromatic N) is 2. The molecule has 0 aliphatic heterocycles. The van der Waals surface area contributed by atoms with Gasteiger partial charge in [0, 0.05) is 17.2 Å². The molecular weight excluding hydrogens is 292 g/mol. The molecular formula is C14H17BrN2O. The Morgan fingerprint density at radius 3 is 2.89 bits per heavy atom. The first-order valence-electron chi connectivity index (χ1n) is 6.09. The van der Waals surface area contributed by atoms with Crippen molar-refractivity contribution in [2.45, 2.75) is 32.9 Å². The van der Waals surface area contributed by atoms with Crippen molar-refractivity contribution in [3.63, 3.8) is 0 Å². The number of hydrogen-bond donors (Lipinski definition) is 1. The third-order valence-electron chi connectivity index (χ3n) is 3.00. The lowest BCUT2D eigenvalue weighted by molar-refractivity contribution is 0.206. The van der Waals surface area contributed by atoms with Gasteiger partial charge in [0.2, 0.25) is 0 Å². The highest BCUT2D eigenvalue weighted by Crippen LogP contribution is 2.27. The SMILES string of the molecule is CCCn1nccc1C(O)c1cc(Br)ccc1C. The molecule has 0 saturated carbocycles. The fraction of sp³-hybridized carbons (Fsp3) is 0.357. The van der Waals surface area contributed by atoms with Crippen molar-refractivity contribution >= 4 is 15.9 Å². The maximum atomic E-state index is 10.5. The van der Waals surface area contributed by atoms with Crippen molar-refractivity contribution in [3.8, 4) is 0 Å². The molecule has 0 aliphatic carbocycles. The van der Waals surface area contributed by atoms with Crippen molar-refractivity contribution in [3.05, 3.63) is 51.8 Å². The second-order valence-electron chi connectivity index (χ2n) is 4.38. The van der Waals surface area contributed by atoms with Crippen molar-refractivity contribution in [1.29, 1.82) is 0 Å². The van der Waals surface area contributed by atoms with Gasteiger partial charge in [-0.3, -0.25) is 4.68 Å². The van der Waals surface area contributed by atoms with Gasteiger partial charge in [-0.15, -0.1) is 0 Å². The smallest absolute Gasteiger partial charge is 0.121 e. The van der Waals surface area contributed by atoms with Crippen LogP contribution in [0, 0.1) is 6.92 Å². The second kappa shape index (κ2) is 5.67. The van der Waals surface area contributed by atoms with E-state index < -0.39 is 6.10 Å². The molecule has 0 fully saturated rings. The molecule has 1 aromatic carbocycles. The Balaban J connectivity index is 2.38. The Hall–Kier alpha value is -1.13. The van der Waals surface area contributed by atoms with Crippen molar-refractivity contribution in [1.82, 2.24) is 9.78 Å². The summed E-state index contributed by atoms with van der Waals surface area (Å²) in [6.07, 6.45) is 2.11. The molecule has 1 aromatic heterocycles. The van der Waals surface area contributed by atoms with Gasteiger partial charge in [-0.25, -0.2) is 0 Å². The molecule has 0 spiro atoms. The number of benzene rings is 1. The van der Waals surface area contributed by atoms with Gasteiger partial charge in [0.25, 0.3) is 0 Å². The molecule has 1 atom stereocenters. The molecule has 2 rings (SSSR count). The first-order valence-corrected chi connectivity index (χ1v) is 6.88. The van der Waals surface area contributed by atoms with Gasteiger partial charge in [-0.2, -0.15) is 5.10 Å². The number of aliphatic hydroxyl groups excluding tert-OH is 1. The number of aryl methyl sites for hydroxylation is 2. The van der Waals surface area contributed by atoms with E-state index in [9.17, 15) is 5.11 Å². The Labute approximate surface area is 116 Å². The van der Waals surface area contributed by atoms with Crippen molar-refractivity contribution < 1.29 is 5.11 Å². The molecule has 96 valence electrons. The summed E-state index contributed by atoms with van der Waals surface area (Å²) in [5.41, 5.74) is 2.84. The van der Waals surface area contributed by atoms with E-state index in [2.05, 4.69) is 28.0 Å². The fourth-order valence-corrected chi connectivity index (χ4v) is 2.42. The number of halogens is 1. The van der Waals surface area contributed by atoms with E-state index in [-0.39, 0.29) is 0 Å². The van der Waals surface area contributed by atoms with Crippen LogP contribution in [0.5, 0.6) is 0 Å². The highest BCUT2D eigenvalue weighted by atomic mass is 79.9. The lowest BCUT2D eigenvalue weighted by Gasteiger charge is -2.16. The Bertz CT molecular complexity index is 536. The zero-order valence-corrected chi connectivity index (χ0v) is 12.2. The van der Waals surface area contributed by atoms with Crippen LogP contribution in [0.25, 0.3) is 0 Å². The fourth-order valence-electron chi connectivity index (χ4n) is 2.04. The minimum Gasteiger partial charge on any atom is -0.382 e. The van der Waals surface area contributed by atoms with Crippen LogP contribution in [0.1, 0.15) is 36.3 Å². The van der Waals surface area contributed by atoms with E-state index in [0.29, 0.717) is 0 Å². The molecule has 0 saturated heterocycles. The first kappa shape index (κ1) is 13.3. The number of aromatic nitrogens is 2. The van der Waals surface area contributed by atoms with Crippen LogP contribution in [-0.2, 0) is 6.54 Å². The predicted molar refractivity (Wildman–Crippen MR) is 75.5 cm³/mol. The molecule has 0 bridgehead atoms. The van der Waals surface area contributed by atoms with E-state index in [1.54, 1.807) is 6.20 Å². The molecule has 4 heteroatoms. The van der Waals surface area contributed by atoms with E-state index in [1.165, 1.54) is 0 Å². The summed E-state index contributed by atoms with van der Waals surface area (Å²) < 4.78 is 2.84. The molecule has 0 aliphatic rings. The number of hydrogen-bond acceptors (Lipinski definition) is 2. The summed E-state index contributed by atoms with van der Waals surface area (Å²) in [5, 5.41) is 14.8. The predicted octanol–water partition coefficient (Wildman–Crippen LogP) is 3.45. The maximum Gasteiger partial charge on any atom is 0.121 e. The maximum absolute atomic E-state index is 10.5.